The highest BCUT2D eigenvalue weighted by molar-refractivity contribution is 5.89. The smallest absolute Gasteiger partial charge is 0.416 e. The summed E-state index contributed by atoms with van der Waals surface area (Å²) in [7, 11) is 0. The minimum atomic E-state index is -0.452. The van der Waals surface area contributed by atoms with Crippen molar-refractivity contribution in [1.29, 1.82) is 0 Å². The van der Waals surface area contributed by atoms with Crippen molar-refractivity contribution >= 4 is 48.2 Å². The van der Waals surface area contributed by atoms with Crippen LogP contribution in [-0.2, 0) is 4.74 Å². The molecular formula is C25H26Cl2FN7O2. The number of amides is 1. The van der Waals surface area contributed by atoms with Crippen molar-refractivity contribution in [2.24, 2.45) is 5.92 Å². The van der Waals surface area contributed by atoms with E-state index in [1.807, 2.05) is 18.2 Å². The molecule has 1 amide bonds. The number of hydrogen-bond acceptors (Lipinski definition) is 7. The third-order valence-corrected chi connectivity index (χ3v) is 6.83. The zero-order valence-corrected chi connectivity index (χ0v) is 21.4. The highest BCUT2D eigenvalue weighted by atomic mass is 35.5. The Bertz CT molecular complexity index is 1380. The fourth-order valence-electron chi connectivity index (χ4n) is 4.92. The summed E-state index contributed by atoms with van der Waals surface area (Å²) in [4.78, 5) is 18.6. The van der Waals surface area contributed by atoms with E-state index in [1.165, 1.54) is 12.1 Å². The second-order valence-electron chi connectivity index (χ2n) is 9.20. The Labute approximate surface area is 225 Å². The quantitative estimate of drug-likeness (QED) is 0.369. The van der Waals surface area contributed by atoms with Gasteiger partial charge in [0, 0.05) is 18.3 Å². The summed E-state index contributed by atoms with van der Waals surface area (Å²) >= 11 is 0. The lowest BCUT2D eigenvalue weighted by atomic mass is 9.78. The number of rotatable bonds is 5. The molecule has 1 aromatic carbocycles. The van der Waals surface area contributed by atoms with E-state index < -0.39 is 5.60 Å². The van der Waals surface area contributed by atoms with Gasteiger partial charge in [0.2, 0.25) is 0 Å². The van der Waals surface area contributed by atoms with Gasteiger partial charge < -0.3 is 10.1 Å². The van der Waals surface area contributed by atoms with Gasteiger partial charge in [-0.3, -0.25) is 4.90 Å². The second kappa shape index (κ2) is 10.9. The molecule has 0 atom stereocenters. The van der Waals surface area contributed by atoms with E-state index in [2.05, 4.69) is 25.6 Å². The Balaban J connectivity index is 0.00000160. The Morgan fingerprint density at radius 1 is 1.11 bits per heavy atom. The molecule has 1 N–H and O–H groups in total. The number of nitrogens with one attached hydrogen (secondary N) is 1. The lowest BCUT2D eigenvalue weighted by molar-refractivity contribution is 0.0148. The number of anilines is 2. The zero-order valence-electron chi connectivity index (χ0n) is 19.8. The fourth-order valence-corrected chi connectivity index (χ4v) is 4.92. The number of benzene rings is 1. The van der Waals surface area contributed by atoms with Crippen LogP contribution in [0.15, 0.2) is 60.9 Å². The van der Waals surface area contributed by atoms with Crippen LogP contribution in [0, 0.1) is 11.7 Å². The van der Waals surface area contributed by atoms with Crippen molar-refractivity contribution in [3.8, 4) is 11.3 Å². The van der Waals surface area contributed by atoms with E-state index in [4.69, 9.17) is 4.74 Å². The Hall–Kier alpha value is -3.50. The topological polar surface area (TPSA) is 97.5 Å². The number of nitrogens with zero attached hydrogens (tertiary/aromatic N) is 6. The number of fused-ring (bicyclic) bond motifs is 1. The molecule has 1 saturated heterocycles. The van der Waals surface area contributed by atoms with Crippen LogP contribution in [0.5, 0.6) is 0 Å². The number of carbonyl (C=O) groups excluding carboxylic acids is 1. The Morgan fingerprint density at radius 3 is 2.70 bits per heavy atom. The van der Waals surface area contributed by atoms with Crippen molar-refractivity contribution in [2.45, 2.75) is 31.3 Å². The molecular weight excluding hydrogens is 520 g/mol. The first kappa shape index (κ1) is 26.6. The molecule has 1 spiro atoms. The van der Waals surface area contributed by atoms with Crippen LogP contribution in [-0.4, -0.2) is 49.6 Å². The summed E-state index contributed by atoms with van der Waals surface area (Å²) in [5, 5.41) is 16.0. The van der Waals surface area contributed by atoms with Gasteiger partial charge in [0.1, 0.15) is 17.2 Å². The average Bonchev–Trinajstić information content (AvgIpc) is 3.45. The van der Waals surface area contributed by atoms with Gasteiger partial charge in [-0.15, -0.1) is 35.0 Å². The third kappa shape index (κ3) is 5.45. The maximum Gasteiger partial charge on any atom is 0.416 e. The van der Waals surface area contributed by atoms with Crippen molar-refractivity contribution in [3.05, 3.63) is 66.7 Å². The number of imidazole rings is 1. The molecule has 1 aliphatic heterocycles. The van der Waals surface area contributed by atoms with E-state index in [9.17, 15) is 9.18 Å². The summed E-state index contributed by atoms with van der Waals surface area (Å²) in [6, 6.07) is 13.7. The monoisotopic (exact) mass is 545 g/mol. The second-order valence-corrected chi connectivity index (χ2v) is 9.20. The lowest BCUT2D eigenvalue weighted by Crippen LogP contribution is -2.39. The summed E-state index contributed by atoms with van der Waals surface area (Å²) in [5.74, 6) is 1.44. The number of hydrogen-bond donors (Lipinski definition) is 1. The molecule has 2 aliphatic rings. The maximum atomic E-state index is 13.6. The normalized spacial score (nSPS) is 20.8. The third-order valence-electron chi connectivity index (χ3n) is 6.83. The van der Waals surface area contributed by atoms with E-state index in [0.29, 0.717) is 35.2 Å². The molecule has 4 heterocycles. The molecule has 194 valence electrons. The molecule has 0 radical (unpaired) electrons. The van der Waals surface area contributed by atoms with Crippen LogP contribution in [0.3, 0.4) is 0 Å². The molecule has 6 rings (SSSR count). The molecule has 9 nitrogen and oxygen atoms in total. The highest BCUT2D eigenvalue weighted by Crippen LogP contribution is 2.40. The lowest BCUT2D eigenvalue weighted by Gasteiger charge is -2.35. The highest BCUT2D eigenvalue weighted by Gasteiger charge is 2.48. The van der Waals surface area contributed by atoms with Gasteiger partial charge >= 0.3 is 6.09 Å². The van der Waals surface area contributed by atoms with E-state index in [1.54, 1.807) is 40.0 Å². The molecule has 0 unspecified atom stereocenters. The molecule has 1 saturated carbocycles. The summed E-state index contributed by atoms with van der Waals surface area (Å²) in [5.41, 5.74) is 1.64. The first-order chi connectivity index (χ1) is 17.1. The summed E-state index contributed by atoms with van der Waals surface area (Å²) in [6.45, 7) is 1.29. The summed E-state index contributed by atoms with van der Waals surface area (Å²) in [6.07, 6.45) is 6.56. The Kier molecular flexibility index (Phi) is 7.79. The van der Waals surface area contributed by atoms with Crippen molar-refractivity contribution < 1.29 is 13.9 Å². The molecule has 3 aromatic heterocycles. The molecule has 0 bridgehead atoms. The number of ether oxygens (including phenoxy) is 1. The average molecular weight is 546 g/mol. The fraction of sp³-hybridized carbons (Fsp3) is 0.320. The number of aromatic nitrogens is 5. The van der Waals surface area contributed by atoms with Crippen molar-refractivity contribution in [1.82, 2.24) is 24.8 Å². The first-order valence-corrected chi connectivity index (χ1v) is 11.7. The minimum absolute atomic E-state index is 0. The molecule has 37 heavy (non-hydrogen) atoms. The minimum Gasteiger partial charge on any atom is -0.441 e. The first-order valence-electron chi connectivity index (χ1n) is 11.7. The predicted octanol–water partition coefficient (Wildman–Crippen LogP) is 5.17. The van der Waals surface area contributed by atoms with E-state index >= 15 is 0 Å². The van der Waals surface area contributed by atoms with Gasteiger partial charge in [-0.25, -0.2) is 18.7 Å². The van der Waals surface area contributed by atoms with Gasteiger partial charge in [0.15, 0.2) is 11.5 Å². The van der Waals surface area contributed by atoms with Crippen LogP contribution in [0.25, 0.3) is 16.9 Å². The van der Waals surface area contributed by atoms with Crippen LogP contribution in [0.2, 0.25) is 0 Å². The molecule has 4 aromatic rings. The van der Waals surface area contributed by atoms with Crippen LogP contribution in [0.4, 0.5) is 20.8 Å². The van der Waals surface area contributed by atoms with E-state index in [0.717, 1.165) is 38.0 Å². The standard InChI is InChI=1S/C25H24FN7O2.2ClH/c26-19-4-1-3-18(13-19)20-15-33-22(29-20)7-6-21(31-33)27-14-17-8-10-25(11-9-17)16-32(24(34)35-25)23-5-2-12-28-30-23;;/h1-7,12-13,15,17H,8-11,14,16H2,(H,27,31);2*1H/t17-,25-;;. The van der Waals surface area contributed by atoms with Crippen LogP contribution >= 0.6 is 24.8 Å². The van der Waals surface area contributed by atoms with Gasteiger partial charge in [-0.2, -0.15) is 5.10 Å². The summed E-state index contributed by atoms with van der Waals surface area (Å²) < 4.78 is 21.1. The van der Waals surface area contributed by atoms with Gasteiger partial charge in [0.25, 0.3) is 0 Å². The van der Waals surface area contributed by atoms with Crippen LogP contribution in [0.1, 0.15) is 25.7 Å². The predicted molar refractivity (Wildman–Crippen MR) is 142 cm³/mol. The molecule has 12 heteroatoms. The number of halogens is 3. The van der Waals surface area contributed by atoms with Gasteiger partial charge in [0.05, 0.1) is 18.4 Å². The van der Waals surface area contributed by atoms with Crippen LogP contribution < -0.4 is 10.2 Å². The maximum absolute atomic E-state index is 13.6. The molecule has 2 fully saturated rings. The van der Waals surface area contributed by atoms with Gasteiger partial charge in [-0.1, -0.05) is 12.1 Å². The number of carbonyl (C=O) groups is 1. The van der Waals surface area contributed by atoms with Gasteiger partial charge in [-0.05, 0) is 68.0 Å². The largest absolute Gasteiger partial charge is 0.441 e. The Morgan fingerprint density at radius 2 is 1.95 bits per heavy atom. The van der Waals surface area contributed by atoms with E-state index in [-0.39, 0.29) is 36.7 Å². The van der Waals surface area contributed by atoms with Crippen molar-refractivity contribution in [3.63, 3.8) is 0 Å². The molecule has 1 aliphatic carbocycles. The SMILES string of the molecule is Cl.Cl.O=C1O[C@]2(CC[C@H](CNc3ccc4nc(-c5cccc(F)c5)cn4n3)CC2)CN1c1cccnn1. The zero-order chi connectivity index (χ0) is 23.8. The van der Waals surface area contributed by atoms with Crippen molar-refractivity contribution in [2.75, 3.05) is 23.3 Å².